The van der Waals surface area contributed by atoms with Gasteiger partial charge in [0.1, 0.15) is 0 Å². The van der Waals surface area contributed by atoms with Crippen molar-refractivity contribution < 1.29 is 0 Å². The van der Waals surface area contributed by atoms with Crippen LogP contribution in [0.15, 0.2) is 89.3 Å². The molecular formula is C21H14ClNS2. The molecule has 4 aromatic rings. The second-order valence-corrected chi connectivity index (χ2v) is 8.09. The average molecular weight is 380 g/mol. The first kappa shape index (κ1) is 16.4. The highest BCUT2D eigenvalue weighted by Crippen LogP contribution is 2.43. The van der Waals surface area contributed by atoms with Gasteiger partial charge in [0.05, 0.1) is 15.2 Å². The van der Waals surface area contributed by atoms with Crippen LogP contribution < -0.4 is 0 Å². The van der Waals surface area contributed by atoms with E-state index in [1.54, 1.807) is 23.1 Å². The first-order chi connectivity index (χ1) is 12.3. The Morgan fingerprint density at radius 2 is 1.36 bits per heavy atom. The van der Waals surface area contributed by atoms with Crippen LogP contribution in [0.5, 0.6) is 0 Å². The van der Waals surface area contributed by atoms with E-state index in [1.165, 1.54) is 4.70 Å². The van der Waals surface area contributed by atoms with Crippen molar-refractivity contribution in [3.05, 3.63) is 96.1 Å². The molecule has 4 rings (SSSR count). The number of benzene rings is 3. The molecule has 0 saturated heterocycles. The lowest BCUT2D eigenvalue weighted by Crippen LogP contribution is -1.85. The van der Waals surface area contributed by atoms with Gasteiger partial charge in [-0.1, -0.05) is 96.2 Å². The number of fused-ring (bicyclic) bond motifs is 1. The zero-order valence-electron chi connectivity index (χ0n) is 13.2. The van der Waals surface area contributed by atoms with E-state index in [1.807, 2.05) is 66.7 Å². The monoisotopic (exact) mass is 379 g/mol. The number of thioether (sulfide) groups is 1. The van der Waals surface area contributed by atoms with Crippen LogP contribution in [0.4, 0.5) is 0 Å². The van der Waals surface area contributed by atoms with Gasteiger partial charge in [-0.2, -0.15) is 0 Å². The van der Waals surface area contributed by atoms with Gasteiger partial charge in [0, 0.05) is 4.91 Å². The highest BCUT2D eigenvalue weighted by molar-refractivity contribution is 8.10. The minimum absolute atomic E-state index is 0.746. The fraction of sp³-hybridized carbons (Fsp3) is 0. The molecule has 0 aliphatic carbocycles. The van der Waals surface area contributed by atoms with Crippen LogP contribution in [0, 0.1) is 0 Å². The van der Waals surface area contributed by atoms with Crippen molar-refractivity contribution in [3.63, 3.8) is 0 Å². The number of nitrogens with zero attached hydrogens (tertiary/aromatic N) is 1. The summed E-state index contributed by atoms with van der Waals surface area (Å²) in [6, 6.07) is 28.5. The average Bonchev–Trinajstić information content (AvgIpc) is 3.09. The van der Waals surface area contributed by atoms with E-state index in [-0.39, 0.29) is 0 Å². The second-order valence-electron chi connectivity index (χ2n) is 5.42. The van der Waals surface area contributed by atoms with Gasteiger partial charge in [-0.25, -0.2) is 4.98 Å². The summed E-state index contributed by atoms with van der Waals surface area (Å²) in [7, 11) is 0. The molecule has 1 heterocycles. The van der Waals surface area contributed by atoms with E-state index < -0.39 is 0 Å². The van der Waals surface area contributed by atoms with Crippen LogP contribution in [-0.2, 0) is 0 Å². The van der Waals surface area contributed by atoms with Crippen molar-refractivity contribution in [1.82, 2.24) is 4.98 Å². The molecule has 122 valence electrons. The Balaban J connectivity index is 1.80. The van der Waals surface area contributed by atoms with E-state index >= 15 is 0 Å². The summed E-state index contributed by atoms with van der Waals surface area (Å²) in [4.78, 5) is 5.76. The molecule has 0 aliphatic heterocycles. The van der Waals surface area contributed by atoms with Crippen LogP contribution >= 0.6 is 34.7 Å². The number of aromatic nitrogens is 1. The predicted octanol–water partition coefficient (Wildman–Crippen LogP) is 7.15. The van der Waals surface area contributed by atoms with E-state index in [0.29, 0.717) is 0 Å². The third-order valence-corrected chi connectivity index (χ3v) is 6.49. The molecule has 1 aromatic heterocycles. The predicted molar refractivity (Wildman–Crippen MR) is 111 cm³/mol. The maximum Gasteiger partial charge on any atom is 0.155 e. The maximum atomic E-state index is 6.79. The molecule has 1 nitrogen and oxygen atoms in total. The third-order valence-electron chi connectivity index (χ3n) is 3.73. The fourth-order valence-electron chi connectivity index (χ4n) is 2.52. The highest BCUT2D eigenvalue weighted by atomic mass is 35.5. The Kier molecular flexibility index (Phi) is 4.88. The van der Waals surface area contributed by atoms with E-state index in [4.69, 9.17) is 16.6 Å². The normalized spacial score (nSPS) is 12.2. The zero-order valence-corrected chi connectivity index (χ0v) is 15.6. The van der Waals surface area contributed by atoms with Crippen molar-refractivity contribution in [1.29, 1.82) is 0 Å². The van der Waals surface area contributed by atoms with Gasteiger partial charge in [-0.3, -0.25) is 0 Å². The van der Waals surface area contributed by atoms with E-state index in [9.17, 15) is 0 Å². The molecule has 0 N–H and O–H groups in total. The zero-order chi connectivity index (χ0) is 17.1. The Morgan fingerprint density at radius 3 is 2.04 bits per heavy atom. The summed E-state index contributed by atoms with van der Waals surface area (Å²) >= 11 is 10.1. The summed E-state index contributed by atoms with van der Waals surface area (Å²) in [5.41, 5.74) is 3.13. The van der Waals surface area contributed by atoms with Gasteiger partial charge < -0.3 is 0 Å². The van der Waals surface area contributed by atoms with Crippen LogP contribution in [0.3, 0.4) is 0 Å². The molecule has 3 aromatic carbocycles. The van der Waals surface area contributed by atoms with Crippen molar-refractivity contribution in [2.75, 3.05) is 0 Å². The van der Waals surface area contributed by atoms with Crippen molar-refractivity contribution in [3.8, 4) is 0 Å². The second kappa shape index (κ2) is 7.44. The van der Waals surface area contributed by atoms with Crippen LogP contribution in [0.2, 0.25) is 0 Å². The van der Waals surface area contributed by atoms with Gasteiger partial charge in [-0.05, 0) is 23.3 Å². The fourth-order valence-corrected chi connectivity index (χ4v) is 5.03. The molecule has 0 radical (unpaired) electrons. The summed E-state index contributed by atoms with van der Waals surface area (Å²) in [6.07, 6.45) is 0. The Hall–Kier alpha value is -2.07. The number of thiazole rings is 1. The molecule has 0 spiro atoms. The van der Waals surface area contributed by atoms with Crippen LogP contribution in [0.25, 0.3) is 20.2 Å². The Bertz CT molecular complexity index is 990. The third kappa shape index (κ3) is 3.64. The SMILES string of the molecule is Cl/C(=C(/Sc1nc2ccccc2s1)c1ccccc1)c1ccccc1. The lowest BCUT2D eigenvalue weighted by molar-refractivity contribution is 1.31. The molecular weight excluding hydrogens is 366 g/mol. The lowest BCUT2D eigenvalue weighted by Gasteiger charge is -2.10. The van der Waals surface area contributed by atoms with Crippen molar-refractivity contribution >= 4 is 54.9 Å². The van der Waals surface area contributed by atoms with Crippen molar-refractivity contribution in [2.45, 2.75) is 4.34 Å². The molecule has 0 saturated carbocycles. The lowest BCUT2D eigenvalue weighted by atomic mass is 10.1. The maximum absolute atomic E-state index is 6.79. The van der Waals surface area contributed by atoms with Gasteiger partial charge in [-0.15, -0.1) is 11.3 Å². The summed E-state index contributed by atoms with van der Waals surface area (Å²) in [5.74, 6) is 0. The number of hydrogen-bond donors (Lipinski definition) is 0. The summed E-state index contributed by atoms with van der Waals surface area (Å²) in [6.45, 7) is 0. The molecule has 0 unspecified atom stereocenters. The molecule has 4 heteroatoms. The highest BCUT2D eigenvalue weighted by Gasteiger charge is 2.14. The topological polar surface area (TPSA) is 12.9 Å². The molecule has 0 amide bonds. The number of para-hydroxylation sites is 1. The van der Waals surface area contributed by atoms with Gasteiger partial charge in [0.25, 0.3) is 0 Å². The first-order valence-electron chi connectivity index (χ1n) is 7.85. The standard InChI is InChI=1S/C21H14ClNS2/c22-19(15-9-3-1-4-10-15)20(16-11-5-2-6-12-16)25-21-23-17-13-7-8-14-18(17)24-21/h1-14H/b20-19+. The minimum atomic E-state index is 0.746. The van der Waals surface area contributed by atoms with Crippen LogP contribution in [-0.4, -0.2) is 4.98 Å². The van der Waals surface area contributed by atoms with Gasteiger partial charge >= 0.3 is 0 Å². The Labute approximate surface area is 160 Å². The minimum Gasteiger partial charge on any atom is -0.229 e. The number of rotatable bonds is 4. The van der Waals surface area contributed by atoms with Gasteiger partial charge in [0.2, 0.25) is 0 Å². The molecule has 0 bridgehead atoms. The molecule has 0 atom stereocenters. The first-order valence-corrected chi connectivity index (χ1v) is 9.86. The largest absolute Gasteiger partial charge is 0.229 e. The molecule has 25 heavy (non-hydrogen) atoms. The Morgan fingerprint density at radius 1 is 0.760 bits per heavy atom. The quantitative estimate of drug-likeness (QED) is 0.275. The van der Waals surface area contributed by atoms with Crippen molar-refractivity contribution in [2.24, 2.45) is 0 Å². The number of halogens is 1. The van der Waals surface area contributed by atoms with E-state index in [0.717, 1.165) is 30.9 Å². The summed E-state index contributed by atoms with van der Waals surface area (Å²) < 4.78 is 2.18. The van der Waals surface area contributed by atoms with Gasteiger partial charge in [0.15, 0.2) is 4.34 Å². The number of hydrogen-bond acceptors (Lipinski definition) is 3. The van der Waals surface area contributed by atoms with E-state index in [2.05, 4.69) is 18.2 Å². The molecule has 0 aliphatic rings. The smallest absolute Gasteiger partial charge is 0.155 e. The van der Waals surface area contributed by atoms with Crippen LogP contribution in [0.1, 0.15) is 11.1 Å². The molecule has 0 fully saturated rings. The summed E-state index contributed by atoms with van der Waals surface area (Å²) in [5, 5.41) is 0.746.